The average molecular weight is 330 g/mol. The second kappa shape index (κ2) is 6.96. The molecule has 2 aliphatic rings. The number of fused-ring (bicyclic) bond motifs is 1. The highest BCUT2D eigenvalue weighted by molar-refractivity contribution is 5.85. The molecule has 124 valence electrons. The number of carbonyl (C=O) groups is 1. The molecule has 0 radical (unpaired) electrons. The summed E-state index contributed by atoms with van der Waals surface area (Å²) in [6, 6.07) is -0.0539. The quantitative estimate of drug-likeness (QED) is 0.915. The van der Waals surface area contributed by atoms with Gasteiger partial charge in [-0.1, -0.05) is 31.8 Å². The van der Waals surface area contributed by atoms with Gasteiger partial charge in [0.2, 0.25) is 5.89 Å². The zero-order chi connectivity index (χ0) is 15.0. The summed E-state index contributed by atoms with van der Waals surface area (Å²) in [5, 5.41) is 13.5. The van der Waals surface area contributed by atoms with Crippen molar-refractivity contribution in [2.45, 2.75) is 70.5 Å². The molecule has 0 amide bonds. The van der Waals surface area contributed by atoms with E-state index >= 15 is 0 Å². The number of carboxylic acids is 1. The largest absolute Gasteiger partial charge is 0.480 e. The second-order valence-electron chi connectivity index (χ2n) is 6.57. The normalized spacial score (nSPS) is 28.4. The molecule has 2 fully saturated rings. The van der Waals surface area contributed by atoms with Crippen molar-refractivity contribution in [2.24, 2.45) is 5.92 Å². The van der Waals surface area contributed by atoms with Crippen LogP contribution in [0.3, 0.4) is 0 Å². The number of carboxylic acid groups (broad SMARTS) is 1. The molecule has 1 N–H and O–H groups in total. The maximum atomic E-state index is 11.6. The summed E-state index contributed by atoms with van der Waals surface area (Å²) in [5.74, 6) is 1.23. The molecule has 1 aromatic heterocycles. The maximum Gasteiger partial charge on any atom is 0.320 e. The molecule has 3 rings (SSSR count). The highest BCUT2D eigenvalue weighted by Crippen LogP contribution is 2.40. The van der Waals surface area contributed by atoms with Crippen molar-refractivity contribution < 1.29 is 14.4 Å². The van der Waals surface area contributed by atoms with Crippen molar-refractivity contribution in [3.8, 4) is 0 Å². The number of likely N-dealkylation sites (tertiary alicyclic amines) is 1. The average Bonchev–Trinajstić information content (AvgIpc) is 3.05. The van der Waals surface area contributed by atoms with E-state index in [1.807, 2.05) is 13.8 Å². The Labute approximate surface area is 136 Å². The maximum absolute atomic E-state index is 11.6. The summed E-state index contributed by atoms with van der Waals surface area (Å²) < 4.78 is 5.30. The van der Waals surface area contributed by atoms with Crippen molar-refractivity contribution in [3.63, 3.8) is 0 Å². The van der Waals surface area contributed by atoms with Crippen molar-refractivity contribution in [3.05, 3.63) is 11.7 Å². The summed E-state index contributed by atoms with van der Waals surface area (Å²) in [4.78, 5) is 18.0. The van der Waals surface area contributed by atoms with Crippen LogP contribution < -0.4 is 0 Å². The molecule has 0 spiro atoms. The highest BCUT2D eigenvalue weighted by Gasteiger charge is 2.45. The zero-order valence-electron chi connectivity index (χ0n) is 13.1. The molecule has 7 heteroatoms. The molecule has 3 unspecified atom stereocenters. The summed E-state index contributed by atoms with van der Waals surface area (Å²) >= 11 is 0. The van der Waals surface area contributed by atoms with Gasteiger partial charge in [0, 0.05) is 12.0 Å². The lowest BCUT2D eigenvalue weighted by Gasteiger charge is -2.31. The fraction of sp³-hybridized carbons (Fsp3) is 0.800. The fourth-order valence-electron chi connectivity index (χ4n) is 3.75. The molecule has 1 saturated carbocycles. The Bertz CT molecular complexity index is 520. The van der Waals surface area contributed by atoms with Gasteiger partial charge in [-0.15, -0.1) is 12.4 Å². The zero-order valence-corrected chi connectivity index (χ0v) is 13.9. The number of halogens is 1. The first-order valence-corrected chi connectivity index (χ1v) is 7.87. The Hall–Kier alpha value is -1.14. The number of nitrogens with zero attached hydrogens (tertiary/aromatic N) is 3. The standard InChI is InChI=1S/C15H23N3O3.ClH/c1-9(2)14-16-13(21-17-14)8-18-11-6-4-3-5-10(11)7-12(18)15(19)20;/h9-12H,3-8H2,1-2H3,(H,19,20);1H. The van der Waals surface area contributed by atoms with Crippen molar-refractivity contribution in [1.82, 2.24) is 15.0 Å². The minimum absolute atomic E-state index is 0. The van der Waals surface area contributed by atoms with Gasteiger partial charge in [-0.25, -0.2) is 0 Å². The van der Waals surface area contributed by atoms with Gasteiger partial charge in [-0.05, 0) is 25.2 Å². The van der Waals surface area contributed by atoms with Gasteiger partial charge >= 0.3 is 5.97 Å². The molecular weight excluding hydrogens is 306 g/mol. The molecule has 1 aliphatic heterocycles. The first kappa shape index (κ1) is 17.2. The first-order chi connectivity index (χ1) is 10.1. The van der Waals surface area contributed by atoms with E-state index in [0.717, 1.165) is 19.3 Å². The molecule has 0 bridgehead atoms. The Morgan fingerprint density at radius 1 is 1.41 bits per heavy atom. The Kier molecular flexibility index (Phi) is 5.45. The predicted octanol–water partition coefficient (Wildman–Crippen LogP) is 2.83. The third-order valence-electron chi connectivity index (χ3n) is 4.82. The van der Waals surface area contributed by atoms with Gasteiger partial charge in [0.15, 0.2) is 5.82 Å². The Morgan fingerprint density at radius 2 is 2.14 bits per heavy atom. The van der Waals surface area contributed by atoms with Crippen LogP contribution in [0, 0.1) is 5.92 Å². The van der Waals surface area contributed by atoms with E-state index in [0.29, 0.717) is 30.2 Å². The monoisotopic (exact) mass is 329 g/mol. The van der Waals surface area contributed by atoms with Crippen LogP contribution in [0.1, 0.15) is 63.6 Å². The summed E-state index contributed by atoms with van der Waals surface area (Å²) in [5.41, 5.74) is 0. The minimum atomic E-state index is -0.729. The van der Waals surface area contributed by atoms with Crippen LogP contribution in [0.25, 0.3) is 0 Å². The van der Waals surface area contributed by atoms with E-state index < -0.39 is 12.0 Å². The number of rotatable bonds is 4. The van der Waals surface area contributed by atoms with Crippen LogP contribution in [0.2, 0.25) is 0 Å². The predicted molar refractivity (Wildman–Crippen MR) is 83.0 cm³/mol. The molecular formula is C15H24ClN3O3. The van der Waals surface area contributed by atoms with Crippen LogP contribution in [-0.4, -0.2) is 38.2 Å². The van der Waals surface area contributed by atoms with Crippen molar-refractivity contribution in [2.75, 3.05) is 0 Å². The van der Waals surface area contributed by atoms with Crippen molar-refractivity contribution in [1.29, 1.82) is 0 Å². The van der Waals surface area contributed by atoms with Gasteiger partial charge in [-0.2, -0.15) is 4.98 Å². The number of aromatic nitrogens is 2. The lowest BCUT2D eigenvalue weighted by Crippen LogP contribution is -2.41. The topological polar surface area (TPSA) is 79.5 Å². The van der Waals surface area contributed by atoms with E-state index in [-0.39, 0.29) is 18.3 Å². The first-order valence-electron chi connectivity index (χ1n) is 7.87. The molecule has 22 heavy (non-hydrogen) atoms. The van der Waals surface area contributed by atoms with Gasteiger partial charge in [-0.3, -0.25) is 9.69 Å². The van der Waals surface area contributed by atoms with Crippen molar-refractivity contribution >= 4 is 18.4 Å². The summed E-state index contributed by atoms with van der Waals surface area (Å²) in [7, 11) is 0. The van der Waals surface area contributed by atoms with Gasteiger partial charge in [0.1, 0.15) is 6.04 Å². The van der Waals surface area contributed by atoms with Crippen LogP contribution in [-0.2, 0) is 11.3 Å². The smallest absolute Gasteiger partial charge is 0.320 e. The third kappa shape index (κ3) is 3.27. The van der Waals surface area contributed by atoms with Crippen LogP contribution >= 0.6 is 12.4 Å². The van der Waals surface area contributed by atoms with E-state index in [1.165, 1.54) is 12.8 Å². The number of hydrogen-bond donors (Lipinski definition) is 1. The lowest BCUT2D eigenvalue weighted by atomic mass is 9.85. The fourth-order valence-corrected chi connectivity index (χ4v) is 3.75. The highest BCUT2D eigenvalue weighted by atomic mass is 35.5. The Morgan fingerprint density at radius 3 is 2.77 bits per heavy atom. The van der Waals surface area contributed by atoms with E-state index in [2.05, 4.69) is 15.0 Å². The summed E-state index contributed by atoms with van der Waals surface area (Å²) in [6.07, 6.45) is 5.39. The SMILES string of the molecule is CC(C)c1noc(CN2C(C(=O)O)CC3CCCCC32)n1.Cl. The van der Waals surface area contributed by atoms with Crippen LogP contribution in [0.5, 0.6) is 0 Å². The molecule has 1 aromatic rings. The Balaban J connectivity index is 0.00000176. The second-order valence-corrected chi connectivity index (χ2v) is 6.57. The molecule has 2 heterocycles. The molecule has 1 aliphatic carbocycles. The van der Waals surface area contributed by atoms with Crippen LogP contribution in [0.15, 0.2) is 4.52 Å². The number of hydrogen-bond acceptors (Lipinski definition) is 5. The number of aliphatic carboxylic acids is 1. The lowest BCUT2D eigenvalue weighted by molar-refractivity contribution is -0.143. The minimum Gasteiger partial charge on any atom is -0.480 e. The molecule has 1 saturated heterocycles. The van der Waals surface area contributed by atoms with Gasteiger partial charge in [0.25, 0.3) is 0 Å². The third-order valence-corrected chi connectivity index (χ3v) is 4.82. The van der Waals surface area contributed by atoms with E-state index in [9.17, 15) is 9.90 Å². The summed E-state index contributed by atoms with van der Waals surface area (Å²) in [6.45, 7) is 4.49. The molecule has 6 nitrogen and oxygen atoms in total. The van der Waals surface area contributed by atoms with Gasteiger partial charge in [0.05, 0.1) is 6.54 Å². The molecule has 3 atom stereocenters. The van der Waals surface area contributed by atoms with E-state index in [1.54, 1.807) is 0 Å². The van der Waals surface area contributed by atoms with Crippen LogP contribution in [0.4, 0.5) is 0 Å². The molecule has 0 aromatic carbocycles. The van der Waals surface area contributed by atoms with Gasteiger partial charge < -0.3 is 9.63 Å². The van der Waals surface area contributed by atoms with E-state index in [4.69, 9.17) is 4.52 Å².